The van der Waals surface area contributed by atoms with Gasteiger partial charge in [0, 0.05) is 0 Å². The first-order valence-electron chi connectivity index (χ1n) is 4.61. The van der Waals surface area contributed by atoms with Crippen molar-refractivity contribution < 1.29 is 8.78 Å². The van der Waals surface area contributed by atoms with Crippen molar-refractivity contribution in [3.8, 4) is 0 Å². The first kappa shape index (κ1) is 11.2. The third kappa shape index (κ3) is 1.56. The van der Waals surface area contributed by atoms with Gasteiger partial charge in [-0.15, -0.1) is 0 Å². The molecule has 0 saturated heterocycles. The predicted molar refractivity (Wildman–Crippen MR) is 55.3 cm³/mol. The molecule has 0 N–H and O–H groups in total. The maximum atomic E-state index is 13.7. The second-order valence-corrected chi connectivity index (χ2v) is 3.86. The largest absolute Gasteiger partial charge is 0.207 e. The first-order chi connectivity index (χ1) is 6.37. The average molecular weight is 194 g/mol. The van der Waals surface area contributed by atoms with Crippen LogP contribution in [0.15, 0.2) is 0 Å². The lowest BCUT2D eigenvalue weighted by molar-refractivity contribution is 0.568. The molecule has 74 valence electrons. The molecule has 0 bridgehead atoms. The van der Waals surface area contributed by atoms with Gasteiger partial charge in [0.2, 0.25) is 0 Å². The van der Waals surface area contributed by atoms with Crippen molar-refractivity contribution in [3.05, 3.63) is 28.3 Å². The van der Waals surface area contributed by atoms with Crippen molar-refractivity contribution in [1.29, 1.82) is 0 Å². The highest BCUT2D eigenvalue weighted by Gasteiger charge is 2.18. The lowest BCUT2D eigenvalue weighted by Crippen LogP contribution is -2.20. The second-order valence-electron chi connectivity index (χ2n) is 3.86. The smallest absolute Gasteiger partial charge is 0.128 e. The van der Waals surface area contributed by atoms with E-state index in [-0.39, 0.29) is 16.9 Å². The summed E-state index contributed by atoms with van der Waals surface area (Å²) in [6, 6.07) is 0. The molecule has 1 rings (SSSR count). The zero-order valence-electron chi connectivity index (χ0n) is 8.91. The molecule has 0 heterocycles. The van der Waals surface area contributed by atoms with E-state index < -0.39 is 11.6 Å². The lowest BCUT2D eigenvalue weighted by Gasteiger charge is -2.16. The Kier molecular flexibility index (Phi) is 2.98. The molecule has 0 aliphatic carbocycles. The monoisotopic (exact) mass is 194 g/mol. The van der Waals surface area contributed by atoms with Crippen molar-refractivity contribution in [2.24, 2.45) is 0 Å². The van der Waals surface area contributed by atoms with Crippen LogP contribution < -0.4 is 5.46 Å². The lowest BCUT2D eigenvalue weighted by atomic mass is 9.83. The van der Waals surface area contributed by atoms with Crippen LogP contribution in [0.4, 0.5) is 8.78 Å². The Morgan fingerprint density at radius 2 is 1.50 bits per heavy atom. The van der Waals surface area contributed by atoms with Gasteiger partial charge >= 0.3 is 0 Å². The normalized spacial score (nSPS) is 11.1. The van der Waals surface area contributed by atoms with Crippen LogP contribution in [0.2, 0.25) is 0 Å². The maximum absolute atomic E-state index is 13.7. The van der Waals surface area contributed by atoms with Crippen LogP contribution in [0, 0.1) is 25.5 Å². The van der Waals surface area contributed by atoms with Gasteiger partial charge in [0.1, 0.15) is 19.5 Å². The van der Waals surface area contributed by atoms with Crippen LogP contribution in [-0.2, 0) is 0 Å². The Labute approximate surface area is 84.7 Å². The molecular weight excluding hydrogens is 181 g/mol. The summed E-state index contributed by atoms with van der Waals surface area (Å²) in [6.45, 7) is 6.71. The molecule has 0 aliphatic heterocycles. The number of hydrogen-bond acceptors (Lipinski definition) is 0. The average Bonchev–Trinajstić information content (AvgIpc) is 2.11. The Balaban J connectivity index is 3.60. The molecule has 0 spiro atoms. The molecular formula is C11H13BF2. The van der Waals surface area contributed by atoms with Gasteiger partial charge in [0.25, 0.3) is 0 Å². The van der Waals surface area contributed by atoms with Crippen LogP contribution >= 0.6 is 0 Å². The highest BCUT2D eigenvalue weighted by Crippen LogP contribution is 2.24. The van der Waals surface area contributed by atoms with Gasteiger partial charge in [-0.1, -0.05) is 19.3 Å². The molecule has 0 aromatic heterocycles. The minimum Gasteiger partial charge on any atom is -0.207 e. The van der Waals surface area contributed by atoms with Crippen LogP contribution in [0.1, 0.15) is 36.5 Å². The van der Waals surface area contributed by atoms with Gasteiger partial charge < -0.3 is 0 Å². The number of benzene rings is 1. The SMILES string of the molecule is [B]c1c(C)c(F)c(C)c(C(C)C)c1F. The van der Waals surface area contributed by atoms with E-state index in [9.17, 15) is 8.78 Å². The zero-order valence-corrected chi connectivity index (χ0v) is 8.91. The molecule has 0 amide bonds. The summed E-state index contributed by atoms with van der Waals surface area (Å²) in [5.41, 5.74) is 0.871. The summed E-state index contributed by atoms with van der Waals surface area (Å²) >= 11 is 0. The van der Waals surface area contributed by atoms with Crippen molar-refractivity contribution in [2.75, 3.05) is 0 Å². The van der Waals surface area contributed by atoms with E-state index in [2.05, 4.69) is 0 Å². The molecule has 2 radical (unpaired) electrons. The maximum Gasteiger partial charge on any atom is 0.128 e. The number of halogens is 2. The highest BCUT2D eigenvalue weighted by molar-refractivity contribution is 6.33. The molecule has 1 aromatic carbocycles. The number of hydrogen-bond donors (Lipinski definition) is 0. The minimum absolute atomic E-state index is 0.0626. The molecule has 3 heteroatoms. The van der Waals surface area contributed by atoms with Gasteiger partial charge in [0.05, 0.1) is 0 Å². The topological polar surface area (TPSA) is 0 Å². The highest BCUT2D eigenvalue weighted by atomic mass is 19.1. The summed E-state index contributed by atoms with van der Waals surface area (Å²) in [5, 5.41) is 0. The summed E-state index contributed by atoms with van der Waals surface area (Å²) in [6.07, 6.45) is 0. The van der Waals surface area contributed by atoms with E-state index in [0.29, 0.717) is 11.1 Å². The Hall–Kier alpha value is -0.855. The molecule has 0 nitrogen and oxygen atoms in total. The van der Waals surface area contributed by atoms with E-state index >= 15 is 0 Å². The van der Waals surface area contributed by atoms with E-state index in [0.717, 1.165) is 0 Å². The van der Waals surface area contributed by atoms with Crippen LogP contribution in [0.3, 0.4) is 0 Å². The molecule has 0 saturated carbocycles. The third-order valence-corrected chi connectivity index (χ3v) is 2.52. The van der Waals surface area contributed by atoms with E-state index in [4.69, 9.17) is 7.85 Å². The van der Waals surface area contributed by atoms with E-state index in [1.54, 1.807) is 6.92 Å². The van der Waals surface area contributed by atoms with Crippen molar-refractivity contribution in [1.82, 2.24) is 0 Å². The zero-order chi connectivity index (χ0) is 11.0. The van der Waals surface area contributed by atoms with Crippen LogP contribution in [0.25, 0.3) is 0 Å². The minimum atomic E-state index is -0.476. The molecule has 0 unspecified atom stereocenters. The first-order valence-corrected chi connectivity index (χ1v) is 4.61. The Morgan fingerprint density at radius 1 is 1.00 bits per heavy atom. The predicted octanol–water partition coefficient (Wildman–Crippen LogP) is 2.50. The second kappa shape index (κ2) is 3.72. The van der Waals surface area contributed by atoms with Crippen LogP contribution in [0.5, 0.6) is 0 Å². The molecule has 0 fully saturated rings. The fraction of sp³-hybridized carbons (Fsp3) is 0.455. The summed E-state index contributed by atoms with van der Waals surface area (Å²) in [7, 11) is 5.48. The number of rotatable bonds is 1. The van der Waals surface area contributed by atoms with E-state index in [1.807, 2.05) is 13.8 Å². The van der Waals surface area contributed by atoms with Gasteiger partial charge in [-0.05, 0) is 36.5 Å². The van der Waals surface area contributed by atoms with Gasteiger partial charge in [0.15, 0.2) is 0 Å². The van der Waals surface area contributed by atoms with Gasteiger partial charge in [-0.3, -0.25) is 0 Å². The van der Waals surface area contributed by atoms with Crippen LogP contribution in [-0.4, -0.2) is 7.85 Å². The van der Waals surface area contributed by atoms with Crippen molar-refractivity contribution in [3.63, 3.8) is 0 Å². The fourth-order valence-electron chi connectivity index (χ4n) is 1.68. The molecule has 0 aliphatic rings. The third-order valence-electron chi connectivity index (χ3n) is 2.52. The summed E-state index contributed by atoms with van der Waals surface area (Å²) in [5.74, 6) is -0.934. The quantitative estimate of drug-likeness (QED) is 0.602. The Bertz CT molecular complexity index is 341. The van der Waals surface area contributed by atoms with E-state index in [1.165, 1.54) is 6.92 Å². The molecule has 0 atom stereocenters. The summed E-state index contributed by atoms with van der Waals surface area (Å²) < 4.78 is 27.2. The van der Waals surface area contributed by atoms with Crippen molar-refractivity contribution >= 4 is 13.3 Å². The molecule has 1 aromatic rings. The molecule has 14 heavy (non-hydrogen) atoms. The van der Waals surface area contributed by atoms with Crippen molar-refractivity contribution in [2.45, 2.75) is 33.6 Å². The van der Waals surface area contributed by atoms with Gasteiger partial charge in [-0.2, -0.15) is 0 Å². The Morgan fingerprint density at radius 3 is 1.93 bits per heavy atom. The standard InChI is InChI=1S/C11H13BF2/c1-5(2)8-6(3)10(13)7(4)9(12)11(8)14/h5H,1-4H3. The summed E-state index contributed by atoms with van der Waals surface area (Å²) in [4.78, 5) is 0. The fourth-order valence-corrected chi connectivity index (χ4v) is 1.68. The van der Waals surface area contributed by atoms with Gasteiger partial charge in [-0.25, -0.2) is 8.78 Å².